The van der Waals surface area contributed by atoms with Gasteiger partial charge in [0.05, 0.1) is 0 Å². The molecule has 3 heteroatoms. The Balaban J connectivity index is 2.21. The molecule has 0 spiro atoms. The standard InChI is InChI=1S/C16H23BrIN/c1-3-11-5-4-6-12(9-11)16(19-2)14-10-13(17)7-8-15(14)18/h7-8,10-12,16,19H,3-6,9H2,1-2H3. The van der Waals surface area contributed by atoms with Crippen molar-refractivity contribution in [1.82, 2.24) is 5.32 Å². The predicted octanol–water partition coefficient (Wildman–Crippen LogP) is 5.53. The molecule has 3 unspecified atom stereocenters. The monoisotopic (exact) mass is 435 g/mol. The topological polar surface area (TPSA) is 12.0 Å². The fraction of sp³-hybridized carbons (Fsp3) is 0.625. The second-order valence-electron chi connectivity index (χ2n) is 5.63. The second kappa shape index (κ2) is 7.41. The highest BCUT2D eigenvalue weighted by Gasteiger charge is 2.28. The third kappa shape index (κ3) is 3.94. The largest absolute Gasteiger partial charge is 0.313 e. The van der Waals surface area contributed by atoms with Crippen molar-refractivity contribution in [3.05, 3.63) is 31.8 Å². The Labute approximate surface area is 139 Å². The molecule has 1 saturated carbocycles. The van der Waals surface area contributed by atoms with Gasteiger partial charge < -0.3 is 5.32 Å². The Morgan fingerprint density at radius 1 is 1.42 bits per heavy atom. The van der Waals surface area contributed by atoms with Gasteiger partial charge in [-0.1, -0.05) is 42.1 Å². The van der Waals surface area contributed by atoms with E-state index < -0.39 is 0 Å². The van der Waals surface area contributed by atoms with Crippen LogP contribution in [0.5, 0.6) is 0 Å². The summed E-state index contributed by atoms with van der Waals surface area (Å²) in [7, 11) is 2.11. The van der Waals surface area contributed by atoms with Gasteiger partial charge in [-0.15, -0.1) is 0 Å². The number of hydrogen-bond acceptors (Lipinski definition) is 1. The molecule has 1 aromatic carbocycles. The lowest BCUT2D eigenvalue weighted by Gasteiger charge is -2.35. The Hall–Kier alpha value is 0.390. The van der Waals surface area contributed by atoms with E-state index in [1.807, 2.05) is 0 Å². The van der Waals surface area contributed by atoms with Gasteiger partial charge in [-0.05, 0) is 78.1 Å². The number of hydrogen-bond donors (Lipinski definition) is 1. The zero-order valence-electron chi connectivity index (χ0n) is 11.8. The van der Waals surface area contributed by atoms with Crippen LogP contribution in [0, 0.1) is 15.4 Å². The normalized spacial score (nSPS) is 25.3. The quantitative estimate of drug-likeness (QED) is 0.613. The van der Waals surface area contributed by atoms with E-state index in [4.69, 9.17) is 0 Å². The van der Waals surface area contributed by atoms with Crippen molar-refractivity contribution >= 4 is 38.5 Å². The molecule has 0 aliphatic heterocycles. The van der Waals surface area contributed by atoms with Crippen LogP contribution in [0.2, 0.25) is 0 Å². The summed E-state index contributed by atoms with van der Waals surface area (Å²) in [6.45, 7) is 2.34. The number of nitrogens with one attached hydrogen (secondary N) is 1. The van der Waals surface area contributed by atoms with E-state index in [1.54, 1.807) is 0 Å². The summed E-state index contributed by atoms with van der Waals surface area (Å²) in [6, 6.07) is 7.13. The predicted molar refractivity (Wildman–Crippen MR) is 94.4 cm³/mol. The van der Waals surface area contributed by atoms with Gasteiger partial charge in [-0.2, -0.15) is 0 Å². The van der Waals surface area contributed by atoms with Crippen LogP contribution in [0.25, 0.3) is 0 Å². The van der Waals surface area contributed by atoms with Crippen LogP contribution in [0.1, 0.15) is 50.6 Å². The molecule has 2 rings (SSSR count). The lowest BCUT2D eigenvalue weighted by Crippen LogP contribution is -2.30. The fourth-order valence-electron chi connectivity index (χ4n) is 3.40. The molecule has 0 bridgehead atoms. The SMILES string of the molecule is CCC1CCCC(C(NC)c2cc(Br)ccc2I)C1. The van der Waals surface area contributed by atoms with Gasteiger partial charge in [-0.3, -0.25) is 0 Å². The van der Waals surface area contributed by atoms with E-state index in [-0.39, 0.29) is 0 Å². The van der Waals surface area contributed by atoms with Gasteiger partial charge in [0.2, 0.25) is 0 Å². The Bertz CT molecular complexity index is 421. The van der Waals surface area contributed by atoms with Gasteiger partial charge in [0, 0.05) is 14.1 Å². The van der Waals surface area contributed by atoms with Gasteiger partial charge in [0.1, 0.15) is 0 Å². The molecule has 0 aromatic heterocycles. The van der Waals surface area contributed by atoms with Crippen LogP contribution in [-0.4, -0.2) is 7.05 Å². The first-order valence-electron chi connectivity index (χ1n) is 7.28. The summed E-state index contributed by atoms with van der Waals surface area (Å²) in [6.07, 6.45) is 6.91. The molecular formula is C16H23BrIN. The van der Waals surface area contributed by atoms with Crippen LogP contribution < -0.4 is 5.32 Å². The molecule has 0 heterocycles. The Morgan fingerprint density at radius 2 is 2.21 bits per heavy atom. The first kappa shape index (κ1) is 15.8. The number of halogens is 2. The van der Waals surface area contributed by atoms with Crippen LogP contribution in [-0.2, 0) is 0 Å². The van der Waals surface area contributed by atoms with Crippen molar-refractivity contribution in [2.75, 3.05) is 7.05 Å². The molecule has 1 aromatic rings. The van der Waals surface area contributed by atoms with Crippen molar-refractivity contribution in [2.45, 2.75) is 45.1 Å². The maximum absolute atomic E-state index is 3.61. The summed E-state index contributed by atoms with van der Waals surface area (Å²) >= 11 is 6.08. The maximum Gasteiger partial charge on any atom is 0.0357 e. The van der Waals surface area contributed by atoms with E-state index >= 15 is 0 Å². The summed E-state index contributed by atoms with van der Waals surface area (Å²) in [5.41, 5.74) is 1.46. The van der Waals surface area contributed by atoms with Crippen LogP contribution in [0.3, 0.4) is 0 Å². The van der Waals surface area contributed by atoms with Crippen molar-refractivity contribution in [3.63, 3.8) is 0 Å². The molecule has 0 amide bonds. The number of benzene rings is 1. The molecule has 106 valence electrons. The van der Waals surface area contributed by atoms with Gasteiger partial charge in [-0.25, -0.2) is 0 Å². The van der Waals surface area contributed by atoms with Crippen LogP contribution in [0.15, 0.2) is 22.7 Å². The third-order valence-corrected chi connectivity index (χ3v) is 5.95. The van der Waals surface area contributed by atoms with Gasteiger partial charge in [0.15, 0.2) is 0 Å². The molecule has 1 aliphatic rings. The minimum absolute atomic E-state index is 0.499. The molecule has 1 N–H and O–H groups in total. The molecule has 1 fully saturated rings. The molecule has 19 heavy (non-hydrogen) atoms. The van der Waals surface area contributed by atoms with Gasteiger partial charge >= 0.3 is 0 Å². The average Bonchev–Trinajstić information content (AvgIpc) is 2.44. The van der Waals surface area contributed by atoms with E-state index in [0.29, 0.717) is 6.04 Å². The highest BCUT2D eigenvalue weighted by atomic mass is 127. The zero-order valence-corrected chi connectivity index (χ0v) is 15.5. The van der Waals surface area contributed by atoms with Crippen molar-refractivity contribution in [1.29, 1.82) is 0 Å². The third-order valence-electron chi connectivity index (χ3n) is 4.48. The lowest BCUT2D eigenvalue weighted by molar-refractivity contribution is 0.214. The highest BCUT2D eigenvalue weighted by molar-refractivity contribution is 14.1. The van der Waals surface area contributed by atoms with E-state index in [1.165, 1.54) is 45.7 Å². The molecule has 3 atom stereocenters. The Kier molecular flexibility index (Phi) is 6.15. The molecule has 0 saturated heterocycles. The van der Waals surface area contributed by atoms with Crippen molar-refractivity contribution in [2.24, 2.45) is 11.8 Å². The number of rotatable bonds is 4. The molecule has 1 aliphatic carbocycles. The van der Waals surface area contributed by atoms with Crippen molar-refractivity contribution in [3.8, 4) is 0 Å². The van der Waals surface area contributed by atoms with Gasteiger partial charge in [0.25, 0.3) is 0 Å². The summed E-state index contributed by atoms with van der Waals surface area (Å²) in [5.74, 6) is 1.71. The Morgan fingerprint density at radius 3 is 2.89 bits per heavy atom. The minimum Gasteiger partial charge on any atom is -0.313 e. The summed E-state index contributed by atoms with van der Waals surface area (Å²) in [4.78, 5) is 0. The van der Waals surface area contributed by atoms with Crippen LogP contribution >= 0.6 is 38.5 Å². The summed E-state index contributed by atoms with van der Waals surface area (Å²) < 4.78 is 2.56. The van der Waals surface area contributed by atoms with E-state index in [0.717, 1.165) is 11.8 Å². The minimum atomic E-state index is 0.499. The average molecular weight is 436 g/mol. The first-order chi connectivity index (χ1) is 9.15. The fourth-order valence-corrected chi connectivity index (χ4v) is 4.45. The highest BCUT2D eigenvalue weighted by Crippen LogP contribution is 2.39. The second-order valence-corrected chi connectivity index (χ2v) is 7.71. The first-order valence-corrected chi connectivity index (χ1v) is 9.15. The molecule has 0 radical (unpaired) electrons. The zero-order chi connectivity index (χ0) is 13.8. The maximum atomic E-state index is 3.61. The van der Waals surface area contributed by atoms with E-state index in [2.05, 4.69) is 76.0 Å². The lowest BCUT2D eigenvalue weighted by atomic mass is 9.75. The molecular weight excluding hydrogens is 413 g/mol. The summed E-state index contributed by atoms with van der Waals surface area (Å²) in [5, 5.41) is 3.58. The smallest absolute Gasteiger partial charge is 0.0357 e. The van der Waals surface area contributed by atoms with E-state index in [9.17, 15) is 0 Å². The van der Waals surface area contributed by atoms with Crippen LogP contribution in [0.4, 0.5) is 0 Å². The molecule has 1 nitrogen and oxygen atoms in total. The van der Waals surface area contributed by atoms with Crippen molar-refractivity contribution < 1.29 is 0 Å².